The molecule has 0 aromatic heterocycles. The quantitative estimate of drug-likeness (QED) is 0.461. The largest absolute Gasteiger partial charge is 0.331 e. The molecule has 5 heteroatoms. The molecule has 2 atom stereocenters. The Morgan fingerprint density at radius 3 is 2.57 bits per heavy atom. The molecule has 74 valence electrons. The summed E-state index contributed by atoms with van der Waals surface area (Å²) >= 11 is 0. The van der Waals surface area contributed by atoms with Gasteiger partial charge in [0.05, 0.1) is 6.04 Å². The number of rotatable bonds is 1. The van der Waals surface area contributed by atoms with Crippen LogP contribution in [0.2, 0.25) is 0 Å². The van der Waals surface area contributed by atoms with Gasteiger partial charge in [0, 0.05) is 0 Å². The molecule has 0 aromatic carbocycles. The molecule has 1 rings (SSSR count). The highest BCUT2D eigenvalue weighted by Crippen LogP contribution is 2.12. The Kier molecular flexibility index (Phi) is 2.56. The van der Waals surface area contributed by atoms with Gasteiger partial charge in [0.15, 0.2) is 0 Å². The molecular weight excluding hydrogens is 184 g/mol. The number of carbonyl (C=O) groups excluding carboxylic acids is 3. The third-order valence-electron chi connectivity index (χ3n) is 2.08. The molecule has 5 nitrogen and oxygen atoms in total. The van der Waals surface area contributed by atoms with E-state index in [0.717, 1.165) is 4.90 Å². The van der Waals surface area contributed by atoms with Crippen molar-refractivity contribution in [2.45, 2.75) is 19.9 Å². The molecule has 1 N–H and O–H groups in total. The standard InChI is InChI=1S/C9H10N2O3/c1-4-5(2)11-8(13)6(3)7(12)10-9(11)14/h1,5-6H,2-3H3,(H,10,12,14). The van der Waals surface area contributed by atoms with Gasteiger partial charge in [0.25, 0.3) is 0 Å². The number of barbiturate groups is 1. The number of carbonyl (C=O) groups is 3. The Labute approximate surface area is 81.4 Å². The maximum atomic E-state index is 11.5. The summed E-state index contributed by atoms with van der Waals surface area (Å²) in [5.41, 5.74) is 0. The fraction of sp³-hybridized carbons (Fsp3) is 0.444. The Hall–Kier alpha value is -1.83. The normalized spacial score (nSPS) is 24.2. The van der Waals surface area contributed by atoms with Crippen molar-refractivity contribution < 1.29 is 14.4 Å². The summed E-state index contributed by atoms with van der Waals surface area (Å²) in [5, 5.41) is 2.06. The van der Waals surface area contributed by atoms with Gasteiger partial charge in [-0.05, 0) is 13.8 Å². The third-order valence-corrected chi connectivity index (χ3v) is 2.08. The van der Waals surface area contributed by atoms with E-state index in [-0.39, 0.29) is 0 Å². The van der Waals surface area contributed by atoms with Crippen LogP contribution in [0, 0.1) is 18.3 Å². The summed E-state index contributed by atoms with van der Waals surface area (Å²) in [6, 6.07) is -1.39. The molecule has 1 aliphatic rings. The number of nitrogens with one attached hydrogen (secondary N) is 1. The van der Waals surface area contributed by atoms with Crippen LogP contribution >= 0.6 is 0 Å². The minimum atomic E-state index is -0.858. The molecule has 0 aliphatic carbocycles. The van der Waals surface area contributed by atoms with E-state index >= 15 is 0 Å². The highest BCUT2D eigenvalue weighted by molar-refractivity contribution is 6.16. The van der Waals surface area contributed by atoms with E-state index in [0.29, 0.717) is 0 Å². The number of urea groups is 1. The molecule has 0 radical (unpaired) electrons. The van der Waals surface area contributed by atoms with Gasteiger partial charge in [0.2, 0.25) is 11.8 Å². The lowest BCUT2D eigenvalue weighted by atomic mass is 10.1. The molecule has 1 saturated heterocycles. The average Bonchev–Trinajstić information content (AvgIpc) is 2.14. The molecule has 0 bridgehead atoms. The molecule has 2 unspecified atom stereocenters. The molecule has 4 amide bonds. The van der Waals surface area contributed by atoms with E-state index < -0.39 is 29.8 Å². The number of nitrogens with zero attached hydrogens (tertiary/aromatic N) is 1. The molecule has 0 aromatic rings. The van der Waals surface area contributed by atoms with Crippen molar-refractivity contribution in [1.82, 2.24) is 10.2 Å². The summed E-state index contributed by atoms with van der Waals surface area (Å²) in [6.07, 6.45) is 5.10. The van der Waals surface area contributed by atoms with Crippen molar-refractivity contribution in [3.05, 3.63) is 0 Å². The second kappa shape index (κ2) is 3.50. The Morgan fingerprint density at radius 1 is 1.50 bits per heavy atom. The Morgan fingerprint density at radius 2 is 2.07 bits per heavy atom. The van der Waals surface area contributed by atoms with Crippen LogP contribution in [0.1, 0.15) is 13.8 Å². The van der Waals surface area contributed by atoms with Crippen LogP contribution < -0.4 is 5.32 Å². The third kappa shape index (κ3) is 1.46. The van der Waals surface area contributed by atoms with Crippen LogP contribution in [0.4, 0.5) is 4.79 Å². The van der Waals surface area contributed by atoms with Crippen LogP contribution in [0.5, 0.6) is 0 Å². The van der Waals surface area contributed by atoms with Gasteiger partial charge in [-0.25, -0.2) is 9.69 Å². The highest BCUT2D eigenvalue weighted by Gasteiger charge is 2.39. The van der Waals surface area contributed by atoms with E-state index in [2.05, 4.69) is 11.2 Å². The van der Waals surface area contributed by atoms with E-state index in [4.69, 9.17) is 6.42 Å². The van der Waals surface area contributed by atoms with Crippen LogP contribution in [0.15, 0.2) is 0 Å². The van der Waals surface area contributed by atoms with Gasteiger partial charge in [-0.1, -0.05) is 5.92 Å². The van der Waals surface area contributed by atoms with Crippen molar-refractivity contribution in [2.24, 2.45) is 5.92 Å². The number of amides is 4. The van der Waals surface area contributed by atoms with Gasteiger partial charge in [-0.3, -0.25) is 14.9 Å². The zero-order valence-electron chi connectivity index (χ0n) is 7.90. The van der Waals surface area contributed by atoms with Crippen molar-refractivity contribution in [1.29, 1.82) is 0 Å². The second-order valence-corrected chi connectivity index (χ2v) is 3.07. The monoisotopic (exact) mass is 194 g/mol. The number of hydrogen-bond acceptors (Lipinski definition) is 3. The molecule has 1 fully saturated rings. The number of imide groups is 2. The first-order valence-corrected chi connectivity index (χ1v) is 4.13. The van der Waals surface area contributed by atoms with Gasteiger partial charge < -0.3 is 0 Å². The van der Waals surface area contributed by atoms with Crippen molar-refractivity contribution >= 4 is 17.8 Å². The predicted molar refractivity (Wildman–Crippen MR) is 47.8 cm³/mol. The number of terminal acetylenes is 1. The zero-order valence-corrected chi connectivity index (χ0v) is 7.90. The smallest absolute Gasteiger partial charge is 0.277 e. The predicted octanol–water partition coefficient (Wildman–Crippen LogP) is -0.277. The summed E-state index contributed by atoms with van der Waals surface area (Å²) < 4.78 is 0. The average molecular weight is 194 g/mol. The second-order valence-electron chi connectivity index (χ2n) is 3.07. The van der Waals surface area contributed by atoms with Gasteiger partial charge in [0.1, 0.15) is 5.92 Å². The fourth-order valence-corrected chi connectivity index (χ4v) is 1.14. The lowest BCUT2D eigenvalue weighted by Crippen LogP contribution is -2.59. The van der Waals surface area contributed by atoms with Gasteiger partial charge in [-0.2, -0.15) is 0 Å². The Bertz CT molecular complexity index is 342. The van der Waals surface area contributed by atoms with Crippen LogP contribution in [0.3, 0.4) is 0 Å². The van der Waals surface area contributed by atoms with Crippen LogP contribution in [-0.4, -0.2) is 28.8 Å². The van der Waals surface area contributed by atoms with Gasteiger partial charge >= 0.3 is 6.03 Å². The summed E-state index contributed by atoms with van der Waals surface area (Å²) in [7, 11) is 0. The first-order valence-electron chi connectivity index (χ1n) is 4.13. The maximum Gasteiger partial charge on any atom is 0.331 e. The molecule has 0 spiro atoms. The Balaban J connectivity index is 2.97. The molecule has 0 saturated carbocycles. The zero-order chi connectivity index (χ0) is 10.9. The van der Waals surface area contributed by atoms with Crippen molar-refractivity contribution in [3.63, 3.8) is 0 Å². The van der Waals surface area contributed by atoms with Crippen molar-refractivity contribution in [2.75, 3.05) is 0 Å². The topological polar surface area (TPSA) is 66.5 Å². The summed E-state index contributed by atoms with van der Waals surface area (Å²) in [4.78, 5) is 34.7. The summed E-state index contributed by atoms with van der Waals surface area (Å²) in [5.74, 6) is 0.271. The minimum Gasteiger partial charge on any atom is -0.277 e. The molecule has 1 aliphatic heterocycles. The van der Waals surface area contributed by atoms with Gasteiger partial charge in [-0.15, -0.1) is 6.42 Å². The minimum absolute atomic E-state index is 0.552. The molecule has 14 heavy (non-hydrogen) atoms. The van der Waals surface area contributed by atoms with E-state index in [1.54, 1.807) is 6.92 Å². The molecular formula is C9H10N2O3. The van der Waals surface area contributed by atoms with E-state index in [1.165, 1.54) is 6.92 Å². The lowest BCUT2D eigenvalue weighted by Gasteiger charge is -2.30. The lowest BCUT2D eigenvalue weighted by molar-refractivity contribution is -0.142. The SMILES string of the molecule is C#CC(C)N1C(=O)NC(=O)C(C)C1=O. The van der Waals surface area contributed by atoms with E-state index in [1.807, 2.05) is 0 Å². The maximum absolute atomic E-state index is 11.5. The summed E-state index contributed by atoms with van der Waals surface area (Å²) in [6.45, 7) is 2.97. The highest BCUT2D eigenvalue weighted by atomic mass is 16.2. The van der Waals surface area contributed by atoms with E-state index in [9.17, 15) is 14.4 Å². The molecule has 1 heterocycles. The first-order chi connectivity index (χ1) is 6.49. The first kappa shape index (κ1) is 10.3. The van der Waals surface area contributed by atoms with Crippen molar-refractivity contribution in [3.8, 4) is 12.3 Å². The van der Waals surface area contributed by atoms with Crippen LogP contribution in [-0.2, 0) is 9.59 Å². The van der Waals surface area contributed by atoms with Crippen LogP contribution in [0.25, 0.3) is 0 Å². The fourth-order valence-electron chi connectivity index (χ4n) is 1.14. The number of hydrogen-bond donors (Lipinski definition) is 1.